The summed E-state index contributed by atoms with van der Waals surface area (Å²) in [6.07, 6.45) is 1.38. The summed E-state index contributed by atoms with van der Waals surface area (Å²) in [7, 11) is 0. The average Bonchev–Trinajstić information content (AvgIpc) is 2.01. The van der Waals surface area contributed by atoms with Crippen LogP contribution in [0.5, 0.6) is 0 Å². The van der Waals surface area contributed by atoms with Crippen molar-refractivity contribution in [3.63, 3.8) is 0 Å². The Morgan fingerprint density at radius 2 is 2.45 bits per heavy atom. The Morgan fingerprint density at radius 3 is 3.00 bits per heavy atom. The molecule has 1 amide bonds. The Hall–Kier alpha value is -0.290. The van der Waals surface area contributed by atoms with Crippen LogP contribution >= 0.6 is 11.8 Å². The number of hydrogen-bond donors (Lipinski definition) is 0. The molecule has 0 bridgehead atoms. The van der Waals surface area contributed by atoms with Crippen molar-refractivity contribution in [1.82, 2.24) is 4.90 Å². The van der Waals surface area contributed by atoms with Crippen molar-refractivity contribution in [3.8, 4) is 0 Å². The highest BCUT2D eigenvalue weighted by atomic mass is 32.2. The van der Waals surface area contributed by atoms with Crippen molar-refractivity contribution in [1.29, 1.82) is 0 Å². The largest absolute Gasteiger partial charge is 0.291 e. The molecule has 2 rings (SSSR count). The van der Waals surface area contributed by atoms with Crippen LogP contribution in [-0.4, -0.2) is 31.1 Å². The third kappa shape index (κ3) is 1.03. The van der Waals surface area contributed by atoms with E-state index in [0.29, 0.717) is 22.7 Å². The Morgan fingerprint density at radius 1 is 1.64 bits per heavy atom. The van der Waals surface area contributed by atoms with Crippen LogP contribution in [-0.2, 0) is 16.1 Å². The molecule has 0 unspecified atom stereocenters. The van der Waals surface area contributed by atoms with E-state index in [1.807, 2.05) is 0 Å². The molecular weight excluding hydrogens is 182 g/mol. The van der Waals surface area contributed by atoms with Crippen LogP contribution in [0.2, 0.25) is 0 Å². The number of β-lactam (4-membered cyclic amide) rings is 1. The third-order valence-corrected chi connectivity index (χ3v) is 3.69. The molecule has 0 N–H and O–H groups in total. The van der Waals surface area contributed by atoms with Gasteiger partial charge in [-0.3, -0.25) is 9.69 Å². The van der Waals surface area contributed by atoms with Gasteiger partial charge >= 0.3 is 0 Å². The molecule has 11 heavy (non-hydrogen) atoms. The van der Waals surface area contributed by atoms with Gasteiger partial charge in [-0.25, -0.2) is 4.21 Å². The molecule has 0 aliphatic carbocycles. The number of fused-ring (bicyclic) bond motifs is 1. The van der Waals surface area contributed by atoms with Crippen LogP contribution in [0.25, 0.3) is 0 Å². The summed E-state index contributed by atoms with van der Waals surface area (Å²) in [6.45, 7) is 0. The molecule has 3 nitrogen and oxygen atoms in total. The van der Waals surface area contributed by atoms with Crippen molar-refractivity contribution in [2.24, 2.45) is 0 Å². The number of rotatable bonds is 0. The number of carbonyl (C=O) groups excluding carboxylic acids is 1. The molecule has 2 fully saturated rings. The number of thioether (sulfide) groups is 1. The first-order chi connectivity index (χ1) is 5.33. The maximum absolute atomic E-state index is 11.0. The van der Waals surface area contributed by atoms with E-state index >= 15 is 0 Å². The summed E-state index contributed by atoms with van der Waals surface area (Å²) in [4.78, 5) is 13.3. The van der Waals surface area contributed by atoms with Gasteiger partial charge in [-0.05, 0) is 0 Å². The SMILES string of the molecule is O=S=C1CCS[C@@H]2CC(=O)N12. The van der Waals surface area contributed by atoms with E-state index in [4.69, 9.17) is 0 Å². The van der Waals surface area contributed by atoms with Gasteiger partial charge in [-0.2, -0.15) is 0 Å². The first-order valence-corrected chi connectivity index (χ1v) is 5.21. The minimum Gasteiger partial charge on any atom is -0.291 e. The molecule has 2 heterocycles. The third-order valence-electron chi connectivity index (χ3n) is 1.90. The molecule has 0 saturated carbocycles. The van der Waals surface area contributed by atoms with Crippen LogP contribution in [0.3, 0.4) is 0 Å². The minimum atomic E-state index is 0.112. The number of amides is 1. The highest BCUT2D eigenvalue weighted by Gasteiger charge is 2.41. The van der Waals surface area contributed by atoms with Gasteiger partial charge in [-0.1, -0.05) is 0 Å². The van der Waals surface area contributed by atoms with Gasteiger partial charge in [0.15, 0.2) is 0 Å². The second-order valence-electron chi connectivity index (χ2n) is 2.52. The summed E-state index contributed by atoms with van der Waals surface area (Å²) >= 11 is 2.24. The fourth-order valence-corrected chi connectivity index (χ4v) is 3.23. The van der Waals surface area contributed by atoms with Gasteiger partial charge in [0.05, 0.1) is 11.8 Å². The maximum Gasteiger partial charge on any atom is 0.231 e. The van der Waals surface area contributed by atoms with Crippen LogP contribution in [0.1, 0.15) is 12.8 Å². The molecule has 0 aromatic rings. The van der Waals surface area contributed by atoms with Gasteiger partial charge in [0.25, 0.3) is 0 Å². The quantitative estimate of drug-likeness (QED) is 0.398. The highest BCUT2D eigenvalue weighted by molar-refractivity contribution is 8.00. The lowest BCUT2D eigenvalue weighted by molar-refractivity contribution is -0.135. The molecule has 0 aromatic carbocycles. The first-order valence-electron chi connectivity index (χ1n) is 3.42. The monoisotopic (exact) mass is 189 g/mol. The zero-order chi connectivity index (χ0) is 7.84. The van der Waals surface area contributed by atoms with Crippen LogP contribution in [0.4, 0.5) is 0 Å². The van der Waals surface area contributed by atoms with E-state index < -0.39 is 0 Å². The maximum atomic E-state index is 11.0. The van der Waals surface area contributed by atoms with Crippen molar-refractivity contribution in [2.75, 3.05) is 5.75 Å². The molecule has 0 spiro atoms. The lowest BCUT2D eigenvalue weighted by Crippen LogP contribution is -2.56. The Labute approximate surface area is 72.2 Å². The summed E-state index contributed by atoms with van der Waals surface area (Å²) < 4.78 is 10.5. The Bertz CT molecular complexity index is 259. The zero-order valence-electron chi connectivity index (χ0n) is 5.78. The molecular formula is C6H7NO2S2. The van der Waals surface area contributed by atoms with Crippen LogP contribution in [0, 0.1) is 0 Å². The van der Waals surface area contributed by atoms with E-state index in [9.17, 15) is 9.00 Å². The molecule has 5 heteroatoms. The molecule has 1 atom stereocenters. The smallest absolute Gasteiger partial charge is 0.231 e. The molecule has 2 saturated heterocycles. The number of nitrogens with zero attached hydrogens (tertiary/aromatic N) is 1. The molecule has 60 valence electrons. The van der Waals surface area contributed by atoms with Gasteiger partial charge in [-0.15, -0.1) is 11.8 Å². The van der Waals surface area contributed by atoms with E-state index in [0.717, 1.165) is 12.2 Å². The van der Waals surface area contributed by atoms with E-state index in [1.54, 1.807) is 16.7 Å². The van der Waals surface area contributed by atoms with Crippen LogP contribution in [0.15, 0.2) is 0 Å². The minimum absolute atomic E-state index is 0.112. The molecule has 2 aliphatic heterocycles. The average molecular weight is 189 g/mol. The molecule has 2 aliphatic rings. The highest BCUT2D eigenvalue weighted by Crippen LogP contribution is 2.34. The zero-order valence-corrected chi connectivity index (χ0v) is 7.41. The molecule has 0 aromatic heterocycles. The van der Waals surface area contributed by atoms with Crippen molar-refractivity contribution in [3.05, 3.63) is 0 Å². The predicted octanol–water partition coefficient (Wildman–Crippen LogP) is 0.0246. The topological polar surface area (TPSA) is 37.4 Å². The summed E-state index contributed by atoms with van der Waals surface area (Å²) in [5, 5.41) is 0.285. The van der Waals surface area contributed by atoms with Crippen molar-refractivity contribution in [2.45, 2.75) is 18.2 Å². The number of carbonyl (C=O) groups is 1. The second kappa shape index (κ2) is 2.64. The van der Waals surface area contributed by atoms with Gasteiger partial charge < -0.3 is 0 Å². The van der Waals surface area contributed by atoms with E-state index in [2.05, 4.69) is 0 Å². The molecule has 0 radical (unpaired) electrons. The fourth-order valence-electron chi connectivity index (χ4n) is 1.30. The van der Waals surface area contributed by atoms with Crippen molar-refractivity contribution < 1.29 is 9.00 Å². The summed E-state index contributed by atoms with van der Waals surface area (Å²) in [5.41, 5.74) is 0. The summed E-state index contributed by atoms with van der Waals surface area (Å²) in [6, 6.07) is 0. The Balaban J connectivity index is 2.24. The van der Waals surface area contributed by atoms with Gasteiger partial charge in [0.2, 0.25) is 5.91 Å². The predicted molar refractivity (Wildman–Crippen MR) is 45.5 cm³/mol. The van der Waals surface area contributed by atoms with E-state index in [-0.39, 0.29) is 11.3 Å². The summed E-state index contributed by atoms with van der Waals surface area (Å²) in [5.74, 6) is 1.10. The van der Waals surface area contributed by atoms with Gasteiger partial charge in [0, 0.05) is 12.2 Å². The lowest BCUT2D eigenvalue weighted by Gasteiger charge is -2.42. The van der Waals surface area contributed by atoms with Crippen LogP contribution < -0.4 is 0 Å². The van der Waals surface area contributed by atoms with E-state index in [1.165, 1.54) is 0 Å². The lowest BCUT2D eigenvalue weighted by atomic mass is 10.2. The van der Waals surface area contributed by atoms with Gasteiger partial charge in [0.1, 0.15) is 16.2 Å². The Kier molecular flexibility index (Phi) is 1.77. The normalized spacial score (nSPS) is 29.5. The standard InChI is InChI=1S/C6H7NO2S2/c8-4-3-6-7(4)5(11-9)1-2-10-6/h6H,1-3H2/t6-/m1/s1. The number of hydrogen-bond acceptors (Lipinski definition) is 3. The first kappa shape index (κ1) is 7.36. The van der Waals surface area contributed by atoms with Crippen molar-refractivity contribution >= 4 is 33.9 Å². The second-order valence-corrected chi connectivity index (χ2v) is 4.44. The fraction of sp³-hybridized carbons (Fsp3) is 0.667.